The summed E-state index contributed by atoms with van der Waals surface area (Å²) in [6.45, 7) is 0.775. The molecular weight excluding hydrogens is 366 g/mol. The summed E-state index contributed by atoms with van der Waals surface area (Å²) in [7, 11) is 1.47. The van der Waals surface area contributed by atoms with Gasteiger partial charge >= 0.3 is 0 Å². The Morgan fingerprint density at radius 3 is 2.46 bits per heavy atom. The molecule has 134 valence electrons. The normalized spacial score (nSPS) is 11.3. The molecule has 0 amide bonds. The van der Waals surface area contributed by atoms with Gasteiger partial charge in [0.15, 0.2) is 0 Å². The van der Waals surface area contributed by atoms with Crippen LogP contribution in [0.3, 0.4) is 0 Å². The van der Waals surface area contributed by atoms with Gasteiger partial charge in [-0.3, -0.25) is 4.98 Å². The third kappa shape index (κ3) is 3.85. The highest BCUT2D eigenvalue weighted by molar-refractivity contribution is 6.30. The van der Waals surface area contributed by atoms with Crippen LogP contribution in [0, 0.1) is 0 Å². The fraction of sp³-hybridized carbons (Fsp3) is 0.176. The molecule has 9 heteroatoms. The number of hydrogen-bond donors (Lipinski definition) is 0. The summed E-state index contributed by atoms with van der Waals surface area (Å²) in [6, 6.07) is 4.22. The molecule has 0 aromatic carbocycles. The van der Waals surface area contributed by atoms with Crippen molar-refractivity contribution in [2.75, 3.05) is 7.11 Å². The Bertz CT molecular complexity index is 917. The Kier molecular flexibility index (Phi) is 4.94. The lowest BCUT2D eigenvalue weighted by Crippen LogP contribution is -2.09. The molecule has 3 aromatic heterocycles. The molecular formula is C17H13ClF2N4O2. The molecule has 0 aliphatic rings. The van der Waals surface area contributed by atoms with Crippen LogP contribution >= 0.6 is 11.6 Å². The third-order valence-electron chi connectivity index (χ3n) is 3.38. The van der Waals surface area contributed by atoms with E-state index in [2.05, 4.69) is 19.9 Å². The first-order valence-corrected chi connectivity index (χ1v) is 7.78. The van der Waals surface area contributed by atoms with E-state index in [0.29, 0.717) is 22.0 Å². The first-order valence-electron chi connectivity index (χ1n) is 7.40. The first kappa shape index (κ1) is 17.9. The standard InChI is InChI=1S/C17H13ClF2N4O2/c1-17(19,20)14-4-3-11(7-22-14)26-16-13(8-21-9-24-16)12-5-10(18)6-23-15(12)25-2/h3-9H,1-2H3. The van der Waals surface area contributed by atoms with Crippen molar-refractivity contribution in [2.45, 2.75) is 12.8 Å². The lowest BCUT2D eigenvalue weighted by atomic mass is 10.1. The van der Waals surface area contributed by atoms with Crippen molar-refractivity contribution in [3.63, 3.8) is 0 Å². The molecule has 0 unspecified atom stereocenters. The zero-order valence-corrected chi connectivity index (χ0v) is 14.5. The largest absolute Gasteiger partial charge is 0.481 e. The highest BCUT2D eigenvalue weighted by atomic mass is 35.5. The molecule has 6 nitrogen and oxygen atoms in total. The summed E-state index contributed by atoms with van der Waals surface area (Å²) < 4.78 is 37.4. The zero-order valence-electron chi connectivity index (χ0n) is 13.8. The molecule has 0 spiro atoms. The van der Waals surface area contributed by atoms with Gasteiger partial charge in [-0.15, -0.1) is 0 Å². The lowest BCUT2D eigenvalue weighted by molar-refractivity contribution is 0.0127. The predicted molar refractivity (Wildman–Crippen MR) is 90.7 cm³/mol. The van der Waals surface area contributed by atoms with E-state index in [0.717, 1.165) is 6.92 Å². The van der Waals surface area contributed by atoms with Gasteiger partial charge in [0.1, 0.15) is 17.8 Å². The molecule has 0 saturated heterocycles. The molecule has 0 atom stereocenters. The number of methoxy groups -OCH3 is 1. The summed E-state index contributed by atoms with van der Waals surface area (Å²) in [6.07, 6.45) is 5.46. The van der Waals surface area contributed by atoms with E-state index in [-0.39, 0.29) is 17.3 Å². The molecule has 3 aromatic rings. The molecule has 0 saturated carbocycles. The van der Waals surface area contributed by atoms with Gasteiger partial charge in [-0.2, -0.15) is 8.78 Å². The number of ether oxygens (including phenoxy) is 2. The first-order chi connectivity index (χ1) is 12.4. The topological polar surface area (TPSA) is 70.0 Å². The third-order valence-corrected chi connectivity index (χ3v) is 3.58. The minimum Gasteiger partial charge on any atom is -0.481 e. The van der Waals surface area contributed by atoms with Crippen LogP contribution in [0.1, 0.15) is 12.6 Å². The van der Waals surface area contributed by atoms with Crippen LogP contribution in [0.2, 0.25) is 5.02 Å². The molecule has 0 radical (unpaired) electrons. The van der Waals surface area contributed by atoms with Crippen LogP contribution in [0.15, 0.2) is 43.1 Å². The second-order valence-electron chi connectivity index (χ2n) is 5.32. The van der Waals surface area contributed by atoms with E-state index in [1.807, 2.05) is 0 Å². The molecule has 0 aliphatic heterocycles. The minimum atomic E-state index is -3.03. The Balaban J connectivity index is 1.97. The summed E-state index contributed by atoms with van der Waals surface area (Å²) in [5.41, 5.74) is 0.651. The lowest BCUT2D eigenvalue weighted by Gasteiger charge is -2.13. The van der Waals surface area contributed by atoms with Crippen LogP contribution < -0.4 is 9.47 Å². The Labute approximate surface area is 152 Å². The predicted octanol–water partition coefficient (Wildman–Crippen LogP) is 4.50. The number of pyridine rings is 2. The highest BCUT2D eigenvalue weighted by Crippen LogP contribution is 2.36. The van der Waals surface area contributed by atoms with Crippen molar-refractivity contribution in [1.29, 1.82) is 0 Å². The van der Waals surface area contributed by atoms with Crippen LogP contribution in [0.4, 0.5) is 8.78 Å². The van der Waals surface area contributed by atoms with E-state index in [9.17, 15) is 8.78 Å². The van der Waals surface area contributed by atoms with E-state index >= 15 is 0 Å². The van der Waals surface area contributed by atoms with E-state index in [1.165, 1.54) is 44.2 Å². The van der Waals surface area contributed by atoms with Crippen LogP contribution in [0.5, 0.6) is 17.5 Å². The van der Waals surface area contributed by atoms with E-state index in [1.54, 1.807) is 6.07 Å². The van der Waals surface area contributed by atoms with Crippen LogP contribution in [-0.4, -0.2) is 27.0 Å². The Hall–Kier alpha value is -2.87. The smallest absolute Gasteiger partial charge is 0.286 e. The maximum Gasteiger partial charge on any atom is 0.286 e. The Morgan fingerprint density at radius 2 is 1.81 bits per heavy atom. The maximum absolute atomic E-state index is 13.3. The average Bonchev–Trinajstić information content (AvgIpc) is 2.62. The average molecular weight is 379 g/mol. The molecule has 0 fully saturated rings. The van der Waals surface area contributed by atoms with Crippen molar-refractivity contribution in [1.82, 2.24) is 19.9 Å². The second kappa shape index (κ2) is 7.17. The minimum absolute atomic E-state index is 0.181. The van der Waals surface area contributed by atoms with Crippen molar-refractivity contribution in [3.05, 3.63) is 53.8 Å². The van der Waals surface area contributed by atoms with Gasteiger partial charge in [0.2, 0.25) is 11.8 Å². The van der Waals surface area contributed by atoms with Crippen molar-refractivity contribution in [3.8, 4) is 28.6 Å². The number of hydrogen-bond acceptors (Lipinski definition) is 6. The van der Waals surface area contributed by atoms with Gasteiger partial charge in [0.25, 0.3) is 5.92 Å². The fourth-order valence-corrected chi connectivity index (χ4v) is 2.34. The van der Waals surface area contributed by atoms with Gasteiger partial charge in [0, 0.05) is 19.3 Å². The number of rotatable bonds is 5. The fourth-order valence-electron chi connectivity index (χ4n) is 2.18. The molecule has 26 heavy (non-hydrogen) atoms. The van der Waals surface area contributed by atoms with E-state index < -0.39 is 5.92 Å². The van der Waals surface area contributed by atoms with Gasteiger partial charge in [-0.1, -0.05) is 11.6 Å². The summed E-state index contributed by atoms with van der Waals surface area (Å²) >= 11 is 6.02. The summed E-state index contributed by atoms with van der Waals surface area (Å²) in [5, 5.41) is 0.395. The summed E-state index contributed by atoms with van der Waals surface area (Å²) in [4.78, 5) is 15.9. The monoisotopic (exact) mass is 378 g/mol. The molecule has 3 heterocycles. The van der Waals surface area contributed by atoms with Crippen LogP contribution in [0.25, 0.3) is 11.1 Å². The SMILES string of the molecule is COc1ncc(Cl)cc1-c1cncnc1Oc1ccc(C(C)(F)F)nc1. The zero-order chi connectivity index (χ0) is 18.7. The second-order valence-corrected chi connectivity index (χ2v) is 5.76. The van der Waals surface area contributed by atoms with Gasteiger partial charge in [-0.25, -0.2) is 15.0 Å². The summed E-state index contributed by atoms with van der Waals surface area (Å²) in [5.74, 6) is -2.29. The van der Waals surface area contributed by atoms with Gasteiger partial charge in [0.05, 0.1) is 29.5 Å². The molecule has 3 rings (SSSR count). The number of nitrogens with zero attached hydrogens (tertiary/aromatic N) is 4. The molecule has 0 aliphatic carbocycles. The van der Waals surface area contributed by atoms with Crippen LogP contribution in [-0.2, 0) is 5.92 Å². The molecule has 0 N–H and O–H groups in total. The van der Waals surface area contributed by atoms with Crippen molar-refractivity contribution >= 4 is 11.6 Å². The number of halogens is 3. The van der Waals surface area contributed by atoms with Crippen molar-refractivity contribution in [2.24, 2.45) is 0 Å². The van der Waals surface area contributed by atoms with E-state index in [4.69, 9.17) is 21.1 Å². The van der Waals surface area contributed by atoms with Crippen molar-refractivity contribution < 1.29 is 18.3 Å². The van der Waals surface area contributed by atoms with Gasteiger partial charge in [-0.05, 0) is 18.2 Å². The molecule has 0 bridgehead atoms. The number of aromatic nitrogens is 4. The maximum atomic E-state index is 13.3. The number of alkyl halides is 2. The Morgan fingerprint density at radius 1 is 1.00 bits per heavy atom. The highest BCUT2D eigenvalue weighted by Gasteiger charge is 2.26. The quantitative estimate of drug-likeness (QED) is 0.651. The van der Waals surface area contributed by atoms with Gasteiger partial charge < -0.3 is 9.47 Å².